The van der Waals surface area contributed by atoms with Crippen molar-refractivity contribution in [3.63, 3.8) is 0 Å². The van der Waals surface area contributed by atoms with Gasteiger partial charge in [0, 0.05) is 26.2 Å². The summed E-state index contributed by atoms with van der Waals surface area (Å²) in [4.78, 5) is 15.7. The molecule has 1 amide bonds. The number of allylic oxidation sites excluding steroid dienone is 2. The molecule has 1 unspecified atom stereocenters. The molecule has 1 heterocycles. The number of hydrogen-bond donors (Lipinski definition) is 0. The van der Waals surface area contributed by atoms with Crippen molar-refractivity contribution in [3.05, 3.63) is 23.6 Å². The van der Waals surface area contributed by atoms with Crippen LogP contribution in [0.2, 0.25) is 0 Å². The summed E-state index contributed by atoms with van der Waals surface area (Å²) in [6.45, 7) is 7.75. The Hall–Kier alpha value is -1.87. The van der Waals surface area contributed by atoms with Gasteiger partial charge in [-0.3, -0.25) is 4.90 Å². The molecule has 2 rings (SSSR count). The van der Waals surface area contributed by atoms with Crippen molar-refractivity contribution in [2.45, 2.75) is 38.8 Å². The summed E-state index contributed by atoms with van der Waals surface area (Å²) in [6.07, 6.45) is 3.23. The molecule has 0 aromatic heterocycles. The van der Waals surface area contributed by atoms with Crippen molar-refractivity contribution in [2.24, 2.45) is 0 Å². The summed E-state index contributed by atoms with van der Waals surface area (Å²) >= 11 is 0. The lowest BCUT2D eigenvalue weighted by molar-refractivity contribution is 0.0111. The molecule has 1 fully saturated rings. The highest BCUT2D eigenvalue weighted by molar-refractivity contribution is 5.68. The largest absolute Gasteiger partial charge is 0.444 e. The molecule has 120 valence electrons. The summed E-state index contributed by atoms with van der Waals surface area (Å²) in [5, 5.41) is 8.79. The summed E-state index contributed by atoms with van der Waals surface area (Å²) < 4.78 is 19.4. The van der Waals surface area contributed by atoms with Crippen LogP contribution in [0.5, 0.6) is 0 Å². The summed E-state index contributed by atoms with van der Waals surface area (Å²) in [5.41, 5.74) is -0.133. The lowest BCUT2D eigenvalue weighted by Crippen LogP contribution is -2.53. The van der Waals surface area contributed by atoms with E-state index in [0.717, 1.165) is 0 Å². The average molecular weight is 307 g/mol. The van der Waals surface area contributed by atoms with E-state index in [1.807, 2.05) is 31.7 Å². The van der Waals surface area contributed by atoms with E-state index in [1.165, 1.54) is 6.08 Å². The third kappa shape index (κ3) is 4.08. The maximum Gasteiger partial charge on any atom is 0.410 e. The highest BCUT2D eigenvalue weighted by Crippen LogP contribution is 2.25. The molecule has 0 spiro atoms. The monoisotopic (exact) mass is 307 g/mol. The highest BCUT2D eigenvalue weighted by Gasteiger charge is 2.31. The van der Waals surface area contributed by atoms with Gasteiger partial charge >= 0.3 is 6.09 Å². The number of halogens is 1. The standard InChI is InChI=1S/C16H22FN3O2/c1-16(2,3)22-15(21)20-8-6-19(7-9-20)14-5-4-12(11-18)10-13(14)17/h4,10,14H,5-9H2,1-3H3. The lowest BCUT2D eigenvalue weighted by Gasteiger charge is -2.39. The third-order valence-corrected chi connectivity index (χ3v) is 3.71. The second-order valence-electron chi connectivity index (χ2n) is 6.56. The molecule has 0 saturated carbocycles. The number of piperazine rings is 1. The van der Waals surface area contributed by atoms with Crippen LogP contribution in [0.15, 0.2) is 23.6 Å². The number of rotatable bonds is 1. The molecule has 0 aromatic rings. The fourth-order valence-corrected chi connectivity index (χ4v) is 2.60. The first-order valence-electron chi connectivity index (χ1n) is 7.49. The molecule has 0 bridgehead atoms. The Morgan fingerprint density at radius 1 is 1.36 bits per heavy atom. The van der Waals surface area contributed by atoms with Gasteiger partial charge in [-0.2, -0.15) is 5.26 Å². The Balaban J connectivity index is 1.88. The number of carbonyl (C=O) groups is 1. The lowest BCUT2D eigenvalue weighted by atomic mass is 10.0. The molecule has 1 aliphatic carbocycles. The van der Waals surface area contributed by atoms with Gasteiger partial charge in [0.05, 0.1) is 17.7 Å². The molecule has 1 atom stereocenters. The summed E-state index contributed by atoms with van der Waals surface area (Å²) in [7, 11) is 0. The van der Waals surface area contributed by atoms with E-state index in [2.05, 4.69) is 0 Å². The molecular weight excluding hydrogens is 285 g/mol. The van der Waals surface area contributed by atoms with E-state index in [4.69, 9.17) is 10.00 Å². The van der Waals surface area contributed by atoms with Crippen LogP contribution in [0.1, 0.15) is 27.2 Å². The second kappa shape index (κ2) is 6.49. The molecule has 1 saturated heterocycles. The van der Waals surface area contributed by atoms with Crippen LogP contribution in [0.25, 0.3) is 0 Å². The van der Waals surface area contributed by atoms with Gasteiger partial charge < -0.3 is 9.64 Å². The van der Waals surface area contributed by atoms with E-state index in [9.17, 15) is 9.18 Å². The van der Waals surface area contributed by atoms with Crippen LogP contribution in [-0.4, -0.2) is 53.7 Å². The molecule has 0 N–H and O–H groups in total. The predicted octanol–water partition coefficient (Wildman–Crippen LogP) is 2.61. The zero-order chi connectivity index (χ0) is 16.3. The first-order chi connectivity index (χ1) is 10.3. The zero-order valence-electron chi connectivity index (χ0n) is 13.3. The minimum Gasteiger partial charge on any atom is -0.444 e. The minimum atomic E-state index is -0.509. The van der Waals surface area contributed by atoms with Gasteiger partial charge in [0.2, 0.25) is 0 Å². The molecule has 22 heavy (non-hydrogen) atoms. The second-order valence-corrected chi connectivity index (χ2v) is 6.56. The zero-order valence-corrected chi connectivity index (χ0v) is 13.3. The fourth-order valence-electron chi connectivity index (χ4n) is 2.60. The minimum absolute atomic E-state index is 0.273. The SMILES string of the molecule is CC(C)(C)OC(=O)N1CCN(C2CC=C(C#N)C=C2F)CC1. The first kappa shape index (κ1) is 16.5. The van der Waals surface area contributed by atoms with Gasteiger partial charge in [0.25, 0.3) is 0 Å². The Morgan fingerprint density at radius 2 is 2.00 bits per heavy atom. The molecule has 0 radical (unpaired) electrons. The predicted molar refractivity (Wildman–Crippen MR) is 80.7 cm³/mol. The fraction of sp³-hybridized carbons (Fsp3) is 0.625. The molecular formula is C16H22FN3O2. The van der Waals surface area contributed by atoms with Crippen LogP contribution in [-0.2, 0) is 4.74 Å². The molecule has 5 nitrogen and oxygen atoms in total. The van der Waals surface area contributed by atoms with Crippen molar-refractivity contribution in [2.75, 3.05) is 26.2 Å². The van der Waals surface area contributed by atoms with Crippen LogP contribution >= 0.6 is 0 Å². The number of amides is 1. The maximum atomic E-state index is 14.1. The Morgan fingerprint density at radius 3 is 2.50 bits per heavy atom. The van der Waals surface area contributed by atoms with E-state index >= 15 is 0 Å². The number of ether oxygens (including phenoxy) is 1. The van der Waals surface area contributed by atoms with Crippen LogP contribution in [0.3, 0.4) is 0 Å². The van der Waals surface area contributed by atoms with Crippen LogP contribution in [0.4, 0.5) is 9.18 Å². The highest BCUT2D eigenvalue weighted by atomic mass is 19.1. The van der Waals surface area contributed by atoms with E-state index in [1.54, 1.807) is 11.0 Å². The molecule has 0 aromatic carbocycles. The van der Waals surface area contributed by atoms with Gasteiger partial charge in [-0.05, 0) is 33.3 Å². The van der Waals surface area contributed by atoms with Crippen LogP contribution in [0, 0.1) is 11.3 Å². The Labute approximate surface area is 130 Å². The van der Waals surface area contributed by atoms with Crippen molar-refractivity contribution in [1.29, 1.82) is 5.26 Å². The third-order valence-electron chi connectivity index (χ3n) is 3.71. The van der Waals surface area contributed by atoms with Gasteiger partial charge in [-0.15, -0.1) is 0 Å². The van der Waals surface area contributed by atoms with Gasteiger partial charge in [0.15, 0.2) is 0 Å². The van der Waals surface area contributed by atoms with Crippen molar-refractivity contribution in [3.8, 4) is 6.07 Å². The van der Waals surface area contributed by atoms with E-state index in [0.29, 0.717) is 38.2 Å². The Kier molecular flexibility index (Phi) is 4.87. The topological polar surface area (TPSA) is 56.6 Å². The molecule has 6 heteroatoms. The molecule has 2 aliphatic rings. The van der Waals surface area contributed by atoms with E-state index < -0.39 is 5.60 Å². The quantitative estimate of drug-likeness (QED) is 0.747. The van der Waals surface area contributed by atoms with Gasteiger partial charge in [-0.25, -0.2) is 9.18 Å². The summed E-state index contributed by atoms with van der Waals surface area (Å²) in [6, 6.07) is 1.64. The average Bonchev–Trinajstić information content (AvgIpc) is 2.45. The first-order valence-corrected chi connectivity index (χ1v) is 7.49. The van der Waals surface area contributed by atoms with Crippen molar-refractivity contribution < 1.29 is 13.9 Å². The number of nitriles is 1. The maximum absolute atomic E-state index is 14.1. The smallest absolute Gasteiger partial charge is 0.410 e. The number of carbonyl (C=O) groups excluding carboxylic acids is 1. The van der Waals surface area contributed by atoms with Crippen LogP contribution < -0.4 is 0 Å². The van der Waals surface area contributed by atoms with E-state index in [-0.39, 0.29) is 18.0 Å². The Bertz CT molecular complexity index is 535. The van der Waals surface area contributed by atoms with Crippen molar-refractivity contribution in [1.82, 2.24) is 9.80 Å². The molecule has 1 aliphatic heterocycles. The van der Waals surface area contributed by atoms with Crippen molar-refractivity contribution >= 4 is 6.09 Å². The summed E-state index contributed by atoms with van der Waals surface area (Å²) in [5.74, 6) is -0.273. The van der Waals surface area contributed by atoms with Gasteiger partial charge in [0.1, 0.15) is 11.4 Å². The number of hydrogen-bond acceptors (Lipinski definition) is 4. The number of nitrogens with zero attached hydrogens (tertiary/aromatic N) is 3. The van der Waals surface area contributed by atoms with Gasteiger partial charge in [-0.1, -0.05) is 6.08 Å². The normalized spacial score (nSPS) is 23.4.